The third-order valence-corrected chi connectivity index (χ3v) is 3.14. The fourth-order valence-corrected chi connectivity index (χ4v) is 2.39. The van der Waals surface area contributed by atoms with Crippen molar-refractivity contribution in [3.63, 3.8) is 0 Å². The topological polar surface area (TPSA) is 76.2 Å². The van der Waals surface area contributed by atoms with E-state index in [9.17, 15) is 14.4 Å². The van der Waals surface area contributed by atoms with Gasteiger partial charge in [-0.3, -0.25) is 4.79 Å². The number of ether oxygens (including phenoxy) is 2. The summed E-state index contributed by atoms with van der Waals surface area (Å²) in [5, 5.41) is 0. The summed E-state index contributed by atoms with van der Waals surface area (Å²) < 4.78 is 10.2. The molecular weight excluding hydrogens is 288 g/mol. The monoisotopic (exact) mass is 314 g/mol. The normalized spacial score (nSPS) is 22.1. The van der Waals surface area contributed by atoms with Gasteiger partial charge in [0, 0.05) is 6.54 Å². The first-order valence-electron chi connectivity index (χ1n) is 7.44. The van der Waals surface area contributed by atoms with Gasteiger partial charge in [-0.1, -0.05) is 0 Å². The van der Waals surface area contributed by atoms with Crippen molar-refractivity contribution in [3.8, 4) is 0 Å². The summed E-state index contributed by atoms with van der Waals surface area (Å²) in [7, 11) is 3.67. The van der Waals surface area contributed by atoms with Crippen LogP contribution in [0.15, 0.2) is 0 Å². The standard InChI is InChI=1S/C15H26N2O5/c1-7-21-13(19)11-8-10(9-16(5)6)12(18)17(11)14(20)22-15(2,3)4/h10-11H,7-9H2,1-6H3/t10-,11-/m0/s1. The number of carbonyl (C=O) groups is 3. The van der Waals surface area contributed by atoms with E-state index in [2.05, 4.69) is 0 Å². The van der Waals surface area contributed by atoms with E-state index in [0.29, 0.717) is 6.54 Å². The maximum absolute atomic E-state index is 12.5. The van der Waals surface area contributed by atoms with Crippen LogP contribution >= 0.6 is 0 Å². The van der Waals surface area contributed by atoms with E-state index < -0.39 is 29.6 Å². The van der Waals surface area contributed by atoms with E-state index in [-0.39, 0.29) is 18.9 Å². The molecule has 0 aromatic heterocycles. The predicted octanol–water partition coefficient (Wildman–Crippen LogP) is 1.26. The van der Waals surface area contributed by atoms with E-state index in [4.69, 9.17) is 9.47 Å². The molecule has 1 saturated heterocycles. The molecule has 1 aliphatic rings. The Morgan fingerprint density at radius 1 is 1.32 bits per heavy atom. The Morgan fingerprint density at radius 2 is 1.91 bits per heavy atom. The second-order valence-electron chi connectivity index (χ2n) is 6.65. The summed E-state index contributed by atoms with van der Waals surface area (Å²) in [5.74, 6) is -1.37. The van der Waals surface area contributed by atoms with Crippen LogP contribution < -0.4 is 0 Å². The Kier molecular flexibility index (Phi) is 5.93. The summed E-state index contributed by atoms with van der Waals surface area (Å²) in [6.45, 7) is 7.48. The first-order chi connectivity index (χ1) is 10.1. The molecule has 0 unspecified atom stereocenters. The zero-order valence-electron chi connectivity index (χ0n) is 14.2. The number of carbonyl (C=O) groups excluding carboxylic acids is 3. The molecule has 0 aromatic rings. The van der Waals surface area contributed by atoms with Crippen molar-refractivity contribution in [1.82, 2.24) is 9.80 Å². The highest BCUT2D eigenvalue weighted by atomic mass is 16.6. The quantitative estimate of drug-likeness (QED) is 0.727. The van der Waals surface area contributed by atoms with E-state index >= 15 is 0 Å². The lowest BCUT2D eigenvalue weighted by Gasteiger charge is -2.26. The molecule has 1 heterocycles. The van der Waals surface area contributed by atoms with Crippen molar-refractivity contribution in [2.45, 2.75) is 45.8 Å². The van der Waals surface area contributed by atoms with Crippen LogP contribution in [0.1, 0.15) is 34.1 Å². The molecule has 0 bridgehead atoms. The smallest absolute Gasteiger partial charge is 0.417 e. The summed E-state index contributed by atoms with van der Waals surface area (Å²) >= 11 is 0. The Hall–Kier alpha value is -1.63. The number of likely N-dealkylation sites (tertiary alicyclic amines) is 1. The van der Waals surface area contributed by atoms with Gasteiger partial charge in [0.15, 0.2) is 0 Å². The van der Waals surface area contributed by atoms with Gasteiger partial charge in [0.2, 0.25) is 5.91 Å². The molecule has 1 fully saturated rings. The van der Waals surface area contributed by atoms with Gasteiger partial charge in [-0.05, 0) is 48.2 Å². The second-order valence-corrected chi connectivity index (χ2v) is 6.65. The zero-order valence-corrected chi connectivity index (χ0v) is 14.2. The summed E-state index contributed by atoms with van der Waals surface area (Å²) in [4.78, 5) is 39.6. The molecule has 126 valence electrons. The van der Waals surface area contributed by atoms with Gasteiger partial charge >= 0.3 is 12.1 Å². The van der Waals surface area contributed by atoms with Crippen LogP contribution in [-0.4, -0.2) is 66.7 Å². The SMILES string of the molecule is CCOC(=O)[C@@H]1C[C@@H](CN(C)C)C(=O)N1C(=O)OC(C)(C)C. The molecule has 1 aliphatic heterocycles. The van der Waals surface area contributed by atoms with Crippen molar-refractivity contribution in [3.05, 3.63) is 0 Å². The van der Waals surface area contributed by atoms with Crippen molar-refractivity contribution >= 4 is 18.0 Å². The average molecular weight is 314 g/mol. The molecule has 7 nitrogen and oxygen atoms in total. The Bertz CT molecular complexity index is 442. The number of rotatable bonds is 4. The molecule has 2 amide bonds. The number of nitrogens with zero attached hydrogens (tertiary/aromatic N) is 2. The molecule has 1 rings (SSSR count). The van der Waals surface area contributed by atoms with Crippen molar-refractivity contribution in [1.29, 1.82) is 0 Å². The lowest BCUT2D eigenvalue weighted by atomic mass is 10.0. The third kappa shape index (κ3) is 4.69. The van der Waals surface area contributed by atoms with Crippen LogP contribution in [-0.2, 0) is 19.1 Å². The summed E-state index contributed by atoms with van der Waals surface area (Å²) in [5.41, 5.74) is -0.740. The van der Waals surface area contributed by atoms with Crippen LogP contribution in [0, 0.1) is 5.92 Å². The molecule has 0 saturated carbocycles. The number of hydrogen-bond acceptors (Lipinski definition) is 6. The molecule has 0 N–H and O–H groups in total. The highest BCUT2D eigenvalue weighted by Crippen LogP contribution is 2.28. The zero-order chi connectivity index (χ0) is 17.1. The highest BCUT2D eigenvalue weighted by molar-refractivity contribution is 6.00. The average Bonchev–Trinajstić information content (AvgIpc) is 2.64. The van der Waals surface area contributed by atoms with Gasteiger partial charge in [0.05, 0.1) is 12.5 Å². The molecule has 0 radical (unpaired) electrons. The van der Waals surface area contributed by atoms with Gasteiger partial charge in [-0.2, -0.15) is 0 Å². The van der Waals surface area contributed by atoms with E-state index in [1.165, 1.54) is 0 Å². The maximum Gasteiger partial charge on any atom is 0.417 e. The minimum atomic E-state index is -0.910. The van der Waals surface area contributed by atoms with E-state index in [1.54, 1.807) is 27.7 Å². The number of amides is 2. The Labute approximate surface area is 131 Å². The second kappa shape index (κ2) is 7.09. The van der Waals surface area contributed by atoms with Gasteiger partial charge < -0.3 is 14.4 Å². The molecular formula is C15H26N2O5. The van der Waals surface area contributed by atoms with Crippen LogP contribution in [0.2, 0.25) is 0 Å². The lowest BCUT2D eigenvalue weighted by molar-refractivity contribution is -0.151. The maximum atomic E-state index is 12.5. The first kappa shape index (κ1) is 18.4. The fourth-order valence-electron chi connectivity index (χ4n) is 2.39. The van der Waals surface area contributed by atoms with Crippen LogP contribution in [0.25, 0.3) is 0 Å². The molecule has 2 atom stereocenters. The van der Waals surface area contributed by atoms with Crippen LogP contribution in [0.3, 0.4) is 0 Å². The fraction of sp³-hybridized carbons (Fsp3) is 0.800. The van der Waals surface area contributed by atoms with Crippen LogP contribution in [0.4, 0.5) is 4.79 Å². The summed E-state index contributed by atoms with van der Waals surface area (Å²) in [6, 6.07) is -0.910. The van der Waals surface area contributed by atoms with Gasteiger partial charge in [0.25, 0.3) is 0 Å². The third-order valence-electron chi connectivity index (χ3n) is 3.14. The molecule has 22 heavy (non-hydrogen) atoms. The summed E-state index contributed by atoms with van der Waals surface area (Å²) in [6.07, 6.45) is -0.536. The molecule has 0 aliphatic carbocycles. The number of hydrogen-bond donors (Lipinski definition) is 0. The van der Waals surface area contributed by atoms with Gasteiger partial charge in [0.1, 0.15) is 11.6 Å². The van der Waals surface area contributed by atoms with E-state index in [1.807, 2.05) is 19.0 Å². The number of imide groups is 1. The van der Waals surface area contributed by atoms with Crippen molar-refractivity contribution < 1.29 is 23.9 Å². The largest absolute Gasteiger partial charge is 0.464 e. The molecule has 0 aromatic carbocycles. The lowest BCUT2D eigenvalue weighted by Crippen LogP contribution is -2.46. The van der Waals surface area contributed by atoms with Crippen LogP contribution in [0.5, 0.6) is 0 Å². The van der Waals surface area contributed by atoms with Crippen molar-refractivity contribution in [2.24, 2.45) is 5.92 Å². The highest BCUT2D eigenvalue weighted by Gasteiger charge is 2.48. The molecule has 0 spiro atoms. The minimum absolute atomic E-state index is 0.198. The predicted molar refractivity (Wildman–Crippen MR) is 80.2 cm³/mol. The Morgan fingerprint density at radius 3 is 2.36 bits per heavy atom. The Balaban J connectivity index is 2.98. The van der Waals surface area contributed by atoms with Gasteiger partial charge in [-0.15, -0.1) is 0 Å². The molecule has 7 heteroatoms. The first-order valence-corrected chi connectivity index (χ1v) is 7.44. The minimum Gasteiger partial charge on any atom is -0.464 e. The van der Waals surface area contributed by atoms with Crippen molar-refractivity contribution in [2.75, 3.05) is 27.2 Å². The van der Waals surface area contributed by atoms with Gasteiger partial charge in [-0.25, -0.2) is 14.5 Å². The van der Waals surface area contributed by atoms with E-state index in [0.717, 1.165) is 4.90 Å². The number of esters is 1.